The van der Waals surface area contributed by atoms with Crippen molar-refractivity contribution in [1.29, 1.82) is 0 Å². The minimum Gasteiger partial charge on any atom is -0.352 e. The fraction of sp³-hybridized carbons (Fsp3) is 0.500. The summed E-state index contributed by atoms with van der Waals surface area (Å²) in [5, 5.41) is 2.81. The lowest BCUT2D eigenvalue weighted by Crippen LogP contribution is -2.50. The van der Waals surface area contributed by atoms with Crippen LogP contribution < -0.4 is 5.32 Å². The normalized spacial score (nSPS) is 14.5. The number of carbonyl (C=O) groups excluding carboxylic acids is 3. The molecule has 24 heavy (non-hydrogen) atoms. The third-order valence-corrected chi connectivity index (χ3v) is 4.33. The summed E-state index contributed by atoms with van der Waals surface area (Å²) in [4.78, 5) is 39.1. The van der Waals surface area contributed by atoms with Gasteiger partial charge in [-0.3, -0.25) is 14.4 Å². The van der Waals surface area contributed by atoms with Crippen LogP contribution in [0.3, 0.4) is 0 Å². The number of nitrogens with one attached hydrogen (secondary N) is 1. The molecule has 1 saturated heterocycles. The average Bonchev–Trinajstić information content (AvgIpc) is 2.54. The summed E-state index contributed by atoms with van der Waals surface area (Å²) < 4.78 is 0. The van der Waals surface area contributed by atoms with Gasteiger partial charge in [-0.15, -0.1) is 0 Å². The Hall–Kier alpha value is -2.37. The van der Waals surface area contributed by atoms with Crippen LogP contribution in [-0.2, 0) is 9.59 Å². The van der Waals surface area contributed by atoms with Gasteiger partial charge in [0.25, 0.3) is 5.91 Å². The minimum atomic E-state index is -0.151. The van der Waals surface area contributed by atoms with Crippen molar-refractivity contribution in [2.75, 3.05) is 32.7 Å². The smallest absolute Gasteiger partial charge is 0.251 e. The molecule has 0 radical (unpaired) electrons. The van der Waals surface area contributed by atoms with Gasteiger partial charge in [-0.2, -0.15) is 0 Å². The number of amides is 3. The van der Waals surface area contributed by atoms with Crippen LogP contribution in [0.25, 0.3) is 0 Å². The van der Waals surface area contributed by atoms with Crippen molar-refractivity contribution in [2.45, 2.75) is 27.2 Å². The summed E-state index contributed by atoms with van der Waals surface area (Å²) >= 11 is 0. The number of hydrogen-bond acceptors (Lipinski definition) is 3. The molecule has 0 saturated carbocycles. The highest BCUT2D eigenvalue weighted by atomic mass is 16.2. The average molecular weight is 331 g/mol. The van der Waals surface area contributed by atoms with Gasteiger partial charge in [0.15, 0.2) is 0 Å². The fourth-order valence-electron chi connectivity index (χ4n) is 2.88. The van der Waals surface area contributed by atoms with Crippen LogP contribution in [0.15, 0.2) is 18.2 Å². The summed E-state index contributed by atoms with van der Waals surface area (Å²) in [7, 11) is 0. The SMILES string of the molecule is CC(=O)N1CCN(C(=O)CCNC(=O)c2ccc(C)cc2C)CC1. The molecule has 0 unspecified atom stereocenters. The predicted octanol–water partition coefficient (Wildman–Crippen LogP) is 1.11. The first kappa shape index (κ1) is 18.0. The Morgan fingerprint density at radius 2 is 1.67 bits per heavy atom. The lowest BCUT2D eigenvalue weighted by molar-refractivity contribution is -0.138. The molecular formula is C18H25N3O3. The third-order valence-electron chi connectivity index (χ3n) is 4.33. The number of benzene rings is 1. The van der Waals surface area contributed by atoms with Gasteiger partial charge in [0.05, 0.1) is 0 Å². The third kappa shape index (κ3) is 4.57. The molecule has 6 heteroatoms. The number of rotatable bonds is 4. The van der Waals surface area contributed by atoms with Crippen molar-refractivity contribution in [3.63, 3.8) is 0 Å². The zero-order valence-electron chi connectivity index (χ0n) is 14.6. The lowest BCUT2D eigenvalue weighted by atomic mass is 10.1. The van der Waals surface area contributed by atoms with Gasteiger partial charge in [0.2, 0.25) is 11.8 Å². The molecule has 1 aromatic rings. The molecule has 1 aliphatic rings. The zero-order chi connectivity index (χ0) is 17.7. The Bertz CT molecular complexity index is 634. The largest absolute Gasteiger partial charge is 0.352 e. The van der Waals surface area contributed by atoms with E-state index in [1.54, 1.807) is 16.7 Å². The first-order chi connectivity index (χ1) is 11.4. The molecule has 0 atom stereocenters. The van der Waals surface area contributed by atoms with Gasteiger partial charge in [0, 0.05) is 51.6 Å². The molecule has 130 valence electrons. The second-order valence-electron chi connectivity index (χ2n) is 6.21. The molecule has 3 amide bonds. The van der Waals surface area contributed by atoms with Gasteiger partial charge >= 0.3 is 0 Å². The van der Waals surface area contributed by atoms with Crippen LogP contribution in [0.2, 0.25) is 0 Å². The van der Waals surface area contributed by atoms with Crippen molar-refractivity contribution in [1.82, 2.24) is 15.1 Å². The van der Waals surface area contributed by atoms with Crippen molar-refractivity contribution >= 4 is 17.7 Å². The molecule has 1 fully saturated rings. The van der Waals surface area contributed by atoms with E-state index in [0.717, 1.165) is 11.1 Å². The molecular weight excluding hydrogens is 306 g/mol. The van der Waals surface area contributed by atoms with Gasteiger partial charge in [-0.05, 0) is 25.5 Å². The van der Waals surface area contributed by atoms with Gasteiger partial charge in [0.1, 0.15) is 0 Å². The highest BCUT2D eigenvalue weighted by Gasteiger charge is 2.22. The van der Waals surface area contributed by atoms with Crippen LogP contribution >= 0.6 is 0 Å². The fourth-order valence-corrected chi connectivity index (χ4v) is 2.88. The van der Waals surface area contributed by atoms with Crippen molar-refractivity contribution in [3.05, 3.63) is 34.9 Å². The van der Waals surface area contributed by atoms with E-state index >= 15 is 0 Å². The first-order valence-electron chi connectivity index (χ1n) is 8.27. The van der Waals surface area contributed by atoms with E-state index in [9.17, 15) is 14.4 Å². The Balaban J connectivity index is 1.76. The maximum atomic E-state index is 12.2. The Morgan fingerprint density at radius 1 is 1.04 bits per heavy atom. The van der Waals surface area contributed by atoms with Crippen molar-refractivity contribution in [2.24, 2.45) is 0 Å². The van der Waals surface area contributed by atoms with E-state index in [2.05, 4.69) is 5.32 Å². The van der Waals surface area contributed by atoms with Crippen LogP contribution in [0.1, 0.15) is 34.8 Å². The van der Waals surface area contributed by atoms with Gasteiger partial charge < -0.3 is 15.1 Å². The van der Waals surface area contributed by atoms with E-state index in [0.29, 0.717) is 38.3 Å². The quantitative estimate of drug-likeness (QED) is 0.899. The molecule has 2 rings (SSSR count). The first-order valence-corrected chi connectivity index (χ1v) is 8.27. The summed E-state index contributed by atoms with van der Waals surface area (Å²) in [5.74, 6) is -0.0938. The van der Waals surface area contributed by atoms with Crippen LogP contribution in [0, 0.1) is 13.8 Å². The maximum Gasteiger partial charge on any atom is 0.251 e. The van der Waals surface area contributed by atoms with Crippen molar-refractivity contribution < 1.29 is 14.4 Å². The number of aryl methyl sites for hydroxylation is 2. The predicted molar refractivity (Wildman–Crippen MR) is 91.7 cm³/mol. The maximum absolute atomic E-state index is 12.2. The van der Waals surface area contributed by atoms with E-state index in [1.165, 1.54) is 0 Å². The van der Waals surface area contributed by atoms with E-state index < -0.39 is 0 Å². The van der Waals surface area contributed by atoms with Gasteiger partial charge in [-0.1, -0.05) is 17.7 Å². The van der Waals surface area contributed by atoms with Crippen LogP contribution in [0.4, 0.5) is 0 Å². The Kier molecular flexibility index (Phi) is 5.95. The summed E-state index contributed by atoms with van der Waals surface area (Å²) in [6, 6.07) is 5.68. The van der Waals surface area contributed by atoms with Gasteiger partial charge in [-0.25, -0.2) is 0 Å². The molecule has 0 aliphatic carbocycles. The summed E-state index contributed by atoms with van der Waals surface area (Å²) in [6.07, 6.45) is 0.275. The molecule has 1 heterocycles. The van der Waals surface area contributed by atoms with Crippen LogP contribution in [0.5, 0.6) is 0 Å². The number of carbonyl (C=O) groups is 3. The summed E-state index contributed by atoms with van der Waals surface area (Å²) in [6.45, 7) is 8.03. The van der Waals surface area contributed by atoms with Crippen LogP contribution in [-0.4, -0.2) is 60.2 Å². The highest BCUT2D eigenvalue weighted by molar-refractivity contribution is 5.95. The van der Waals surface area contributed by atoms with E-state index in [1.807, 2.05) is 32.0 Å². The minimum absolute atomic E-state index is 0.0131. The number of nitrogens with zero attached hydrogens (tertiary/aromatic N) is 2. The standard InChI is InChI=1S/C18H25N3O3/c1-13-4-5-16(14(2)12-13)18(24)19-7-6-17(23)21-10-8-20(9-11-21)15(3)22/h4-5,12H,6-11H2,1-3H3,(H,19,24). The molecule has 0 bridgehead atoms. The van der Waals surface area contributed by atoms with E-state index in [4.69, 9.17) is 0 Å². The molecule has 6 nitrogen and oxygen atoms in total. The Labute approximate surface area is 142 Å². The number of piperazine rings is 1. The monoisotopic (exact) mass is 331 g/mol. The molecule has 0 aromatic heterocycles. The molecule has 1 N–H and O–H groups in total. The molecule has 1 aromatic carbocycles. The zero-order valence-corrected chi connectivity index (χ0v) is 14.6. The summed E-state index contributed by atoms with van der Waals surface area (Å²) in [5.41, 5.74) is 2.69. The molecule has 1 aliphatic heterocycles. The topological polar surface area (TPSA) is 69.7 Å². The van der Waals surface area contributed by atoms with Crippen molar-refractivity contribution in [3.8, 4) is 0 Å². The van der Waals surface area contributed by atoms with E-state index in [-0.39, 0.29) is 24.1 Å². The number of hydrogen-bond donors (Lipinski definition) is 1. The lowest BCUT2D eigenvalue weighted by Gasteiger charge is -2.34. The highest BCUT2D eigenvalue weighted by Crippen LogP contribution is 2.10. The Morgan fingerprint density at radius 3 is 2.25 bits per heavy atom. The second-order valence-corrected chi connectivity index (χ2v) is 6.21. The second kappa shape index (κ2) is 7.95. The molecule has 0 spiro atoms.